The number of para-hydroxylation sites is 3. The molecule has 3 aromatic heterocycles. The van der Waals surface area contributed by atoms with Crippen molar-refractivity contribution in [2.24, 2.45) is 0 Å². The second-order valence-corrected chi connectivity index (χ2v) is 13.9. The first-order valence-corrected chi connectivity index (χ1v) is 18.0. The van der Waals surface area contributed by atoms with Crippen LogP contribution in [-0.4, -0.2) is 0 Å². The molecule has 0 bridgehead atoms. The summed E-state index contributed by atoms with van der Waals surface area (Å²) in [5.41, 5.74) is 12.1. The van der Waals surface area contributed by atoms with E-state index in [0.29, 0.717) is 0 Å². The molecule has 246 valence electrons. The highest BCUT2D eigenvalue weighted by Gasteiger charge is 2.24. The topological polar surface area (TPSA) is 39.4 Å². The van der Waals surface area contributed by atoms with Crippen LogP contribution >= 0.6 is 0 Å². The van der Waals surface area contributed by atoms with Crippen molar-refractivity contribution in [2.75, 3.05) is 0 Å². The van der Waals surface area contributed by atoms with E-state index in [0.717, 1.165) is 93.6 Å². The van der Waals surface area contributed by atoms with Crippen molar-refractivity contribution in [3.63, 3.8) is 0 Å². The van der Waals surface area contributed by atoms with Gasteiger partial charge in [0.2, 0.25) is 0 Å². The molecule has 0 N–H and O–H groups in total. The van der Waals surface area contributed by atoms with Crippen LogP contribution in [0.2, 0.25) is 0 Å². The minimum absolute atomic E-state index is 0.866. The first-order valence-electron chi connectivity index (χ1n) is 18.0. The van der Waals surface area contributed by atoms with Gasteiger partial charge in [0.05, 0.1) is 0 Å². The Morgan fingerprint density at radius 2 is 0.736 bits per heavy atom. The molecule has 12 aromatic rings. The Balaban J connectivity index is 1.18. The SMILES string of the molecule is c1ccc2c(c1)oc1cc(-c3ccc(-c4c5ccccc5c(-c5cccc6oc7ccccc7c56)c5ccccc45)c4oc5ccccc5c34)ccc12. The Labute approximate surface area is 302 Å². The molecule has 0 saturated heterocycles. The third-order valence-corrected chi connectivity index (χ3v) is 11.1. The summed E-state index contributed by atoms with van der Waals surface area (Å²) in [6, 6.07) is 60.0. The van der Waals surface area contributed by atoms with Crippen molar-refractivity contribution in [1.29, 1.82) is 0 Å². The maximum absolute atomic E-state index is 6.91. The van der Waals surface area contributed by atoms with Gasteiger partial charge in [0, 0.05) is 43.4 Å². The number of benzene rings is 9. The van der Waals surface area contributed by atoms with Gasteiger partial charge in [-0.25, -0.2) is 0 Å². The van der Waals surface area contributed by atoms with Gasteiger partial charge in [-0.2, -0.15) is 0 Å². The number of fused-ring (bicyclic) bond motifs is 11. The highest BCUT2D eigenvalue weighted by molar-refractivity contribution is 6.28. The molecule has 12 rings (SSSR count). The molecule has 0 unspecified atom stereocenters. The van der Waals surface area contributed by atoms with Gasteiger partial charge >= 0.3 is 0 Å². The molecule has 0 spiro atoms. The molecular formula is C50H28O3. The van der Waals surface area contributed by atoms with E-state index in [2.05, 4.69) is 146 Å². The summed E-state index contributed by atoms with van der Waals surface area (Å²) < 4.78 is 19.6. The Morgan fingerprint density at radius 3 is 1.42 bits per heavy atom. The molecule has 0 saturated carbocycles. The van der Waals surface area contributed by atoms with E-state index in [1.165, 1.54) is 27.1 Å². The molecule has 0 aliphatic heterocycles. The van der Waals surface area contributed by atoms with E-state index in [4.69, 9.17) is 13.3 Å². The minimum Gasteiger partial charge on any atom is -0.456 e. The summed E-state index contributed by atoms with van der Waals surface area (Å²) in [7, 11) is 0. The lowest BCUT2D eigenvalue weighted by Crippen LogP contribution is -1.92. The van der Waals surface area contributed by atoms with Gasteiger partial charge in [0.25, 0.3) is 0 Å². The molecule has 53 heavy (non-hydrogen) atoms. The lowest BCUT2D eigenvalue weighted by molar-refractivity contribution is 0.668. The van der Waals surface area contributed by atoms with E-state index >= 15 is 0 Å². The second kappa shape index (κ2) is 10.7. The van der Waals surface area contributed by atoms with E-state index in [-0.39, 0.29) is 0 Å². The number of rotatable bonds is 3. The van der Waals surface area contributed by atoms with Crippen LogP contribution in [0.25, 0.3) is 121 Å². The van der Waals surface area contributed by atoms with Gasteiger partial charge < -0.3 is 13.3 Å². The molecule has 3 heterocycles. The number of furan rings is 3. The fourth-order valence-electron chi connectivity index (χ4n) is 8.85. The van der Waals surface area contributed by atoms with Crippen molar-refractivity contribution in [3.8, 4) is 33.4 Å². The second-order valence-electron chi connectivity index (χ2n) is 13.9. The Hall–Kier alpha value is -7.10. The summed E-state index contributed by atoms with van der Waals surface area (Å²) >= 11 is 0. The van der Waals surface area contributed by atoms with Gasteiger partial charge in [0.1, 0.15) is 33.5 Å². The number of hydrogen-bond acceptors (Lipinski definition) is 3. The predicted octanol–water partition coefficient (Wildman–Crippen LogP) is 14.7. The third-order valence-electron chi connectivity index (χ3n) is 11.1. The summed E-state index contributed by atoms with van der Waals surface area (Å²) in [6.07, 6.45) is 0. The van der Waals surface area contributed by atoms with Crippen LogP contribution in [0.3, 0.4) is 0 Å². The summed E-state index contributed by atoms with van der Waals surface area (Å²) in [6.45, 7) is 0. The van der Waals surface area contributed by atoms with Crippen LogP contribution in [0, 0.1) is 0 Å². The average Bonchev–Trinajstić information content (AvgIpc) is 3.91. The molecule has 9 aromatic carbocycles. The molecule has 0 aliphatic rings. The van der Waals surface area contributed by atoms with Gasteiger partial charge in [-0.1, -0.05) is 127 Å². The minimum atomic E-state index is 0.866. The van der Waals surface area contributed by atoms with Gasteiger partial charge in [-0.3, -0.25) is 0 Å². The normalized spacial score (nSPS) is 12.2. The molecular weight excluding hydrogens is 649 g/mol. The van der Waals surface area contributed by atoms with Crippen LogP contribution in [0.1, 0.15) is 0 Å². The van der Waals surface area contributed by atoms with Crippen molar-refractivity contribution >= 4 is 87.4 Å². The Bertz CT molecular complexity index is 3410. The summed E-state index contributed by atoms with van der Waals surface area (Å²) in [5.74, 6) is 0. The Morgan fingerprint density at radius 1 is 0.264 bits per heavy atom. The maximum Gasteiger partial charge on any atom is 0.143 e. The zero-order chi connectivity index (χ0) is 34.6. The van der Waals surface area contributed by atoms with E-state index in [9.17, 15) is 0 Å². The van der Waals surface area contributed by atoms with Crippen LogP contribution in [0.15, 0.2) is 183 Å². The average molecular weight is 677 g/mol. The molecule has 0 radical (unpaired) electrons. The predicted molar refractivity (Wildman–Crippen MR) is 220 cm³/mol. The van der Waals surface area contributed by atoms with Crippen LogP contribution in [-0.2, 0) is 0 Å². The van der Waals surface area contributed by atoms with Crippen LogP contribution in [0.5, 0.6) is 0 Å². The smallest absolute Gasteiger partial charge is 0.143 e. The third kappa shape index (κ3) is 3.99. The van der Waals surface area contributed by atoms with Gasteiger partial charge in [-0.15, -0.1) is 0 Å². The largest absolute Gasteiger partial charge is 0.456 e. The number of hydrogen-bond donors (Lipinski definition) is 0. The Kier molecular flexibility index (Phi) is 5.77. The van der Waals surface area contributed by atoms with Crippen molar-refractivity contribution in [1.82, 2.24) is 0 Å². The van der Waals surface area contributed by atoms with Crippen LogP contribution < -0.4 is 0 Å². The first-order chi connectivity index (χ1) is 26.3. The molecule has 3 heteroatoms. The van der Waals surface area contributed by atoms with E-state index in [1.807, 2.05) is 24.3 Å². The van der Waals surface area contributed by atoms with E-state index in [1.54, 1.807) is 0 Å². The fourth-order valence-corrected chi connectivity index (χ4v) is 8.85. The lowest BCUT2D eigenvalue weighted by Gasteiger charge is -2.19. The quantitative estimate of drug-likeness (QED) is 0.175. The van der Waals surface area contributed by atoms with Crippen LogP contribution in [0.4, 0.5) is 0 Å². The summed E-state index contributed by atoms with van der Waals surface area (Å²) in [4.78, 5) is 0. The zero-order valence-electron chi connectivity index (χ0n) is 28.4. The van der Waals surface area contributed by atoms with Crippen molar-refractivity contribution in [2.45, 2.75) is 0 Å². The monoisotopic (exact) mass is 676 g/mol. The summed E-state index contributed by atoms with van der Waals surface area (Å²) in [5, 5.41) is 11.4. The fraction of sp³-hybridized carbons (Fsp3) is 0. The van der Waals surface area contributed by atoms with Gasteiger partial charge in [0.15, 0.2) is 0 Å². The molecule has 0 fully saturated rings. The molecule has 0 amide bonds. The molecule has 3 nitrogen and oxygen atoms in total. The highest BCUT2D eigenvalue weighted by Crippen LogP contribution is 2.50. The standard InChI is InChI=1S/C50H28O3/c1-3-15-35-33(13-1)46(39-19-11-23-44-48(39)37-17-6-9-21-42(37)51-44)34-14-2-4-16-36(34)47(35)40-27-26-30(49-38-18-7-10-22-43(38)53-50(40)49)29-24-25-32-31-12-5-8-20-41(31)52-45(32)28-29/h1-28H. The zero-order valence-corrected chi connectivity index (χ0v) is 28.4. The van der Waals surface area contributed by atoms with Gasteiger partial charge in [-0.05, 0) is 86.3 Å². The molecule has 0 atom stereocenters. The van der Waals surface area contributed by atoms with E-state index < -0.39 is 0 Å². The highest BCUT2D eigenvalue weighted by atomic mass is 16.3. The first kappa shape index (κ1) is 28.6. The maximum atomic E-state index is 6.91. The molecule has 0 aliphatic carbocycles. The van der Waals surface area contributed by atoms with Crippen molar-refractivity contribution in [3.05, 3.63) is 170 Å². The lowest BCUT2D eigenvalue weighted by atomic mass is 9.84. The van der Waals surface area contributed by atoms with Crippen molar-refractivity contribution < 1.29 is 13.3 Å².